The van der Waals surface area contributed by atoms with E-state index in [-0.39, 0.29) is 21.5 Å². The fraction of sp³-hybridized carbons (Fsp3) is 0.105. The van der Waals surface area contributed by atoms with Crippen LogP contribution in [0.2, 0.25) is 5.02 Å². The lowest BCUT2D eigenvalue weighted by Gasteiger charge is -2.12. The molecule has 29 heavy (non-hydrogen) atoms. The average molecular weight is 425 g/mol. The van der Waals surface area contributed by atoms with Gasteiger partial charge in [0.1, 0.15) is 23.0 Å². The van der Waals surface area contributed by atoms with Gasteiger partial charge in [-0.25, -0.2) is 18.0 Å². The summed E-state index contributed by atoms with van der Waals surface area (Å²) in [5, 5.41) is 11.1. The zero-order valence-corrected chi connectivity index (χ0v) is 15.2. The largest absolute Gasteiger partial charge is 0.477 e. The summed E-state index contributed by atoms with van der Waals surface area (Å²) in [6.45, 7) is -0.458. The molecule has 10 heteroatoms. The van der Waals surface area contributed by atoms with Gasteiger partial charge in [-0.2, -0.15) is 0 Å². The molecule has 0 saturated heterocycles. The highest BCUT2D eigenvalue weighted by atomic mass is 35.5. The second-order valence-corrected chi connectivity index (χ2v) is 6.49. The number of carbonyl (C=O) groups excluding carboxylic acids is 1. The number of benzene rings is 2. The van der Waals surface area contributed by atoms with E-state index in [1.54, 1.807) is 0 Å². The molecule has 1 amide bonds. The van der Waals surface area contributed by atoms with Crippen molar-refractivity contribution >= 4 is 34.4 Å². The number of nitrogens with one attached hydrogen (secondary N) is 2. The lowest BCUT2D eigenvalue weighted by molar-refractivity contribution is -0.120. The van der Waals surface area contributed by atoms with Gasteiger partial charge >= 0.3 is 5.97 Å². The second kappa shape index (κ2) is 7.96. The Kier molecular flexibility index (Phi) is 5.60. The van der Waals surface area contributed by atoms with Crippen LogP contribution in [0.1, 0.15) is 21.5 Å². The molecule has 0 aliphatic rings. The highest BCUT2D eigenvalue weighted by molar-refractivity contribution is 6.31. The number of halogens is 4. The van der Waals surface area contributed by atoms with Crippen LogP contribution in [0.15, 0.2) is 35.1 Å². The minimum atomic E-state index is -1.48. The van der Waals surface area contributed by atoms with Crippen molar-refractivity contribution in [2.45, 2.75) is 13.0 Å². The first-order valence-corrected chi connectivity index (χ1v) is 8.53. The monoisotopic (exact) mass is 424 g/mol. The van der Waals surface area contributed by atoms with Gasteiger partial charge < -0.3 is 15.4 Å². The maximum Gasteiger partial charge on any atom is 0.341 e. The number of fused-ring (bicyclic) bond motifs is 1. The predicted octanol–water partition coefficient (Wildman–Crippen LogP) is 3.16. The molecule has 150 valence electrons. The van der Waals surface area contributed by atoms with Gasteiger partial charge in [0.25, 0.3) is 5.56 Å². The SMILES string of the molecule is O=C(Cc1c(F)cccc1F)NCc1c(F)c(Cl)cc2cc(C(=O)O)c(=O)[nH]c12. The molecule has 1 aromatic heterocycles. The zero-order chi connectivity index (χ0) is 21.3. The molecule has 0 unspecified atom stereocenters. The van der Waals surface area contributed by atoms with Gasteiger partial charge in [-0.1, -0.05) is 17.7 Å². The van der Waals surface area contributed by atoms with E-state index in [0.29, 0.717) is 0 Å². The van der Waals surface area contributed by atoms with Gasteiger partial charge in [0.05, 0.1) is 17.0 Å². The molecule has 1 heterocycles. The van der Waals surface area contributed by atoms with Gasteiger partial charge in [0, 0.05) is 23.1 Å². The second-order valence-electron chi connectivity index (χ2n) is 6.09. The third-order valence-electron chi connectivity index (χ3n) is 4.22. The first kappa shape index (κ1) is 20.4. The molecule has 0 saturated carbocycles. The Morgan fingerprint density at radius 3 is 2.38 bits per heavy atom. The number of aromatic nitrogens is 1. The summed E-state index contributed by atoms with van der Waals surface area (Å²) in [5.41, 5.74) is -2.23. The molecule has 6 nitrogen and oxygen atoms in total. The van der Waals surface area contributed by atoms with Crippen LogP contribution in [0.4, 0.5) is 13.2 Å². The van der Waals surface area contributed by atoms with Gasteiger partial charge in [-0.05, 0) is 24.3 Å². The molecule has 3 aromatic rings. The lowest BCUT2D eigenvalue weighted by atomic mass is 10.1. The van der Waals surface area contributed by atoms with Crippen molar-refractivity contribution in [1.29, 1.82) is 0 Å². The van der Waals surface area contributed by atoms with Gasteiger partial charge in [0.15, 0.2) is 0 Å². The highest BCUT2D eigenvalue weighted by Crippen LogP contribution is 2.27. The fourth-order valence-electron chi connectivity index (χ4n) is 2.80. The van der Waals surface area contributed by atoms with Crippen LogP contribution in [0.5, 0.6) is 0 Å². The Morgan fingerprint density at radius 2 is 1.76 bits per heavy atom. The Bertz CT molecular complexity index is 1190. The minimum Gasteiger partial charge on any atom is -0.477 e. The number of hydrogen-bond acceptors (Lipinski definition) is 3. The Hall–Kier alpha value is -3.33. The van der Waals surface area contributed by atoms with Crippen LogP contribution in [0.25, 0.3) is 10.9 Å². The Labute approximate surface area is 165 Å². The molecule has 0 spiro atoms. The molecule has 0 radical (unpaired) electrons. The van der Waals surface area contributed by atoms with Crippen LogP contribution in [-0.2, 0) is 17.8 Å². The quantitative estimate of drug-likeness (QED) is 0.586. The molecule has 0 atom stereocenters. The molecule has 3 rings (SSSR count). The van der Waals surface area contributed by atoms with Crippen LogP contribution < -0.4 is 10.9 Å². The number of carbonyl (C=O) groups is 2. The number of amides is 1. The molecule has 3 N–H and O–H groups in total. The van der Waals surface area contributed by atoms with E-state index < -0.39 is 59.0 Å². The van der Waals surface area contributed by atoms with Crippen molar-refractivity contribution in [2.24, 2.45) is 0 Å². The number of hydrogen-bond donors (Lipinski definition) is 3. The average Bonchev–Trinajstić information content (AvgIpc) is 2.65. The minimum absolute atomic E-state index is 0.0562. The topological polar surface area (TPSA) is 99.3 Å². The summed E-state index contributed by atoms with van der Waals surface area (Å²) in [6, 6.07) is 5.32. The molecule has 0 fully saturated rings. The number of aromatic amines is 1. The summed E-state index contributed by atoms with van der Waals surface area (Å²) >= 11 is 5.82. The van der Waals surface area contributed by atoms with Crippen LogP contribution >= 0.6 is 11.6 Å². The normalized spacial score (nSPS) is 10.9. The first-order chi connectivity index (χ1) is 13.7. The van der Waals surface area contributed by atoms with Gasteiger partial charge in [-0.15, -0.1) is 0 Å². The predicted molar refractivity (Wildman–Crippen MR) is 98.4 cm³/mol. The lowest BCUT2D eigenvalue weighted by Crippen LogP contribution is -2.26. The molecule has 0 aliphatic heterocycles. The fourth-order valence-corrected chi connectivity index (χ4v) is 3.03. The van der Waals surface area contributed by atoms with Crippen LogP contribution in [-0.4, -0.2) is 22.0 Å². The van der Waals surface area contributed by atoms with Gasteiger partial charge in [0.2, 0.25) is 5.91 Å². The number of pyridine rings is 1. The van der Waals surface area contributed by atoms with E-state index >= 15 is 0 Å². The van der Waals surface area contributed by atoms with Crippen LogP contribution in [0, 0.1) is 17.5 Å². The highest BCUT2D eigenvalue weighted by Gasteiger charge is 2.19. The molecular weight excluding hydrogens is 413 g/mol. The van der Waals surface area contributed by atoms with Crippen LogP contribution in [0.3, 0.4) is 0 Å². The van der Waals surface area contributed by atoms with Crippen molar-refractivity contribution in [3.05, 3.63) is 79.9 Å². The number of carboxylic acids is 1. The van der Waals surface area contributed by atoms with E-state index in [9.17, 15) is 27.6 Å². The molecular formula is C19H12ClF3N2O4. The summed E-state index contributed by atoms with van der Waals surface area (Å²) in [4.78, 5) is 37.4. The molecule has 0 aliphatic carbocycles. The van der Waals surface area contributed by atoms with E-state index in [1.165, 1.54) is 0 Å². The smallest absolute Gasteiger partial charge is 0.341 e. The summed E-state index contributed by atoms with van der Waals surface area (Å²) in [5.74, 6) is -5.01. The van der Waals surface area contributed by atoms with E-state index in [0.717, 1.165) is 30.3 Å². The van der Waals surface area contributed by atoms with Crippen molar-refractivity contribution in [3.8, 4) is 0 Å². The van der Waals surface area contributed by atoms with Crippen molar-refractivity contribution in [1.82, 2.24) is 10.3 Å². The standard InChI is InChI=1S/C19H12ClF3N2O4/c20-12-5-8-4-10(19(28)29)18(27)25-17(8)11(16(12)23)7-24-15(26)6-9-13(21)2-1-3-14(9)22/h1-5H,6-7H2,(H,24,26)(H,25,27)(H,28,29). The number of aromatic carboxylic acids is 1. The number of rotatable bonds is 5. The first-order valence-electron chi connectivity index (χ1n) is 8.15. The van der Waals surface area contributed by atoms with Crippen molar-refractivity contribution in [2.75, 3.05) is 0 Å². The zero-order valence-electron chi connectivity index (χ0n) is 14.5. The van der Waals surface area contributed by atoms with Crippen molar-refractivity contribution in [3.63, 3.8) is 0 Å². The third kappa shape index (κ3) is 4.09. The van der Waals surface area contributed by atoms with E-state index in [2.05, 4.69) is 10.3 Å². The summed E-state index contributed by atoms with van der Waals surface area (Å²) < 4.78 is 41.8. The maximum atomic E-state index is 14.5. The molecule has 0 bridgehead atoms. The molecule has 2 aromatic carbocycles. The number of H-pyrrole nitrogens is 1. The van der Waals surface area contributed by atoms with Crippen molar-refractivity contribution < 1.29 is 27.9 Å². The van der Waals surface area contributed by atoms with Gasteiger partial charge in [-0.3, -0.25) is 9.59 Å². The summed E-state index contributed by atoms with van der Waals surface area (Å²) in [7, 11) is 0. The number of carboxylic acid groups (broad SMARTS) is 1. The maximum absolute atomic E-state index is 14.5. The Balaban J connectivity index is 1.92. The Morgan fingerprint density at radius 1 is 1.10 bits per heavy atom. The summed E-state index contributed by atoms with van der Waals surface area (Å²) in [6.07, 6.45) is -0.627. The van der Waals surface area contributed by atoms with E-state index in [4.69, 9.17) is 16.7 Å². The van der Waals surface area contributed by atoms with E-state index in [1.807, 2.05) is 0 Å². The third-order valence-corrected chi connectivity index (χ3v) is 4.50.